The van der Waals surface area contributed by atoms with Gasteiger partial charge in [-0.1, -0.05) is 25.2 Å². The van der Waals surface area contributed by atoms with E-state index in [9.17, 15) is 0 Å². The van der Waals surface area contributed by atoms with E-state index in [4.69, 9.17) is 0 Å². The lowest BCUT2D eigenvalue weighted by molar-refractivity contribution is 0.794. The van der Waals surface area contributed by atoms with Gasteiger partial charge in [0.2, 0.25) is 0 Å². The van der Waals surface area contributed by atoms with Crippen molar-refractivity contribution in [3.05, 3.63) is 36.6 Å². The summed E-state index contributed by atoms with van der Waals surface area (Å²) in [6.07, 6.45) is 7.17. The first-order chi connectivity index (χ1) is 8.69. The first-order valence-electron chi connectivity index (χ1n) is 6.37. The highest BCUT2D eigenvalue weighted by Gasteiger charge is 2.15. The van der Waals surface area contributed by atoms with Gasteiger partial charge < -0.3 is 5.32 Å². The zero-order chi connectivity index (χ0) is 13.4. The summed E-state index contributed by atoms with van der Waals surface area (Å²) in [6.45, 7) is 10.4. The van der Waals surface area contributed by atoms with E-state index in [1.807, 2.05) is 14.0 Å². The van der Waals surface area contributed by atoms with Crippen molar-refractivity contribution in [1.29, 1.82) is 0 Å². The fourth-order valence-corrected chi connectivity index (χ4v) is 1.95. The number of nitrogens with one attached hydrogen (secondary N) is 1. The minimum absolute atomic E-state index is 0.106. The number of hydrogen-bond acceptors (Lipinski definition) is 2. The van der Waals surface area contributed by atoms with Crippen LogP contribution in [0.2, 0.25) is 0 Å². The fraction of sp³-hybridized carbons (Fsp3) is 0.438. The van der Waals surface area contributed by atoms with Crippen molar-refractivity contribution in [2.24, 2.45) is 10.9 Å². The lowest BCUT2D eigenvalue weighted by atomic mass is 9.92. The Kier molecular flexibility index (Phi) is 6.18. The standard InChI is InChI=1S/C16H22N2/c1-5-13(2)18-14(3)16-11-9-7-6-8-10-15(16)12-17-4/h5,10,16-17H,1-2,6-8,12H2,3-4H3/b15-10-,18-14-. The summed E-state index contributed by atoms with van der Waals surface area (Å²) in [5.41, 5.74) is 3.00. The maximum atomic E-state index is 4.46. The Balaban J connectivity index is 3.00. The SMILES string of the molecule is C=CC(=C)/N=C(/C)C1C#CCCC/C=C\1CNC. The van der Waals surface area contributed by atoms with Gasteiger partial charge in [-0.05, 0) is 38.5 Å². The van der Waals surface area contributed by atoms with Crippen LogP contribution in [0.4, 0.5) is 0 Å². The molecule has 0 fully saturated rings. The number of allylic oxidation sites excluding steroid dienone is 2. The van der Waals surface area contributed by atoms with Crippen molar-refractivity contribution < 1.29 is 0 Å². The van der Waals surface area contributed by atoms with Crippen LogP contribution in [0.1, 0.15) is 26.2 Å². The van der Waals surface area contributed by atoms with E-state index in [0.29, 0.717) is 5.70 Å². The molecule has 0 radical (unpaired) electrons. The van der Waals surface area contributed by atoms with Gasteiger partial charge in [0, 0.05) is 18.7 Å². The van der Waals surface area contributed by atoms with Gasteiger partial charge in [0.1, 0.15) is 0 Å². The van der Waals surface area contributed by atoms with Crippen LogP contribution < -0.4 is 5.32 Å². The van der Waals surface area contributed by atoms with Gasteiger partial charge in [-0.2, -0.15) is 0 Å². The minimum Gasteiger partial charge on any atom is -0.316 e. The van der Waals surface area contributed by atoms with Gasteiger partial charge in [0.15, 0.2) is 0 Å². The average molecular weight is 242 g/mol. The third-order valence-electron chi connectivity index (χ3n) is 2.88. The van der Waals surface area contributed by atoms with Crippen LogP contribution in [0.3, 0.4) is 0 Å². The van der Waals surface area contributed by atoms with E-state index in [2.05, 4.69) is 41.4 Å². The Hall–Kier alpha value is -1.59. The van der Waals surface area contributed by atoms with Crippen LogP contribution in [0, 0.1) is 17.8 Å². The molecule has 0 aromatic rings. The van der Waals surface area contributed by atoms with Crippen molar-refractivity contribution in [1.82, 2.24) is 5.32 Å². The second kappa shape index (κ2) is 7.68. The number of likely N-dealkylation sites (N-methyl/N-ethyl adjacent to an activating group) is 1. The van der Waals surface area contributed by atoms with Crippen molar-refractivity contribution >= 4 is 5.71 Å². The molecule has 96 valence electrons. The molecule has 1 rings (SSSR count). The zero-order valence-corrected chi connectivity index (χ0v) is 11.4. The number of aliphatic imine (C=N–C) groups is 1. The van der Waals surface area contributed by atoms with Crippen molar-refractivity contribution in [3.8, 4) is 11.8 Å². The summed E-state index contributed by atoms with van der Waals surface area (Å²) in [5.74, 6) is 6.67. The number of nitrogens with zero attached hydrogens (tertiary/aromatic N) is 1. The molecule has 0 saturated heterocycles. The average Bonchev–Trinajstić information content (AvgIpc) is 2.32. The molecule has 1 atom stereocenters. The Morgan fingerprint density at radius 2 is 2.44 bits per heavy atom. The molecule has 0 spiro atoms. The van der Waals surface area contributed by atoms with Gasteiger partial charge in [-0.3, -0.25) is 4.99 Å². The predicted octanol–water partition coefficient (Wildman–Crippen LogP) is 3.10. The Morgan fingerprint density at radius 1 is 1.67 bits per heavy atom. The lowest BCUT2D eigenvalue weighted by Gasteiger charge is -2.17. The first-order valence-corrected chi connectivity index (χ1v) is 6.37. The van der Waals surface area contributed by atoms with Crippen LogP contribution in [0.25, 0.3) is 0 Å². The monoisotopic (exact) mass is 242 g/mol. The summed E-state index contributed by atoms with van der Waals surface area (Å²) in [6, 6.07) is 0. The molecule has 1 aliphatic rings. The highest BCUT2D eigenvalue weighted by molar-refractivity contribution is 5.90. The predicted molar refractivity (Wildman–Crippen MR) is 79.6 cm³/mol. The second-order valence-corrected chi connectivity index (χ2v) is 4.40. The smallest absolute Gasteiger partial charge is 0.0804 e. The molecule has 0 amide bonds. The largest absolute Gasteiger partial charge is 0.316 e. The van der Waals surface area contributed by atoms with Crippen molar-refractivity contribution in [3.63, 3.8) is 0 Å². The maximum Gasteiger partial charge on any atom is 0.0804 e. The Labute approximate surface area is 111 Å². The molecule has 0 aromatic carbocycles. The normalized spacial score (nSPS) is 22.9. The van der Waals surface area contributed by atoms with E-state index >= 15 is 0 Å². The number of rotatable bonds is 5. The third kappa shape index (κ3) is 4.35. The number of hydrogen-bond donors (Lipinski definition) is 1. The van der Waals surface area contributed by atoms with Gasteiger partial charge in [0.25, 0.3) is 0 Å². The van der Waals surface area contributed by atoms with Gasteiger partial charge >= 0.3 is 0 Å². The van der Waals surface area contributed by atoms with Crippen LogP contribution in [0.15, 0.2) is 41.6 Å². The van der Waals surface area contributed by atoms with E-state index < -0.39 is 0 Å². The topological polar surface area (TPSA) is 24.4 Å². The molecule has 18 heavy (non-hydrogen) atoms. The third-order valence-corrected chi connectivity index (χ3v) is 2.88. The summed E-state index contributed by atoms with van der Waals surface area (Å²) >= 11 is 0. The fourth-order valence-electron chi connectivity index (χ4n) is 1.95. The van der Waals surface area contributed by atoms with Gasteiger partial charge in [-0.15, -0.1) is 5.92 Å². The minimum atomic E-state index is 0.106. The van der Waals surface area contributed by atoms with Crippen LogP contribution in [-0.4, -0.2) is 19.3 Å². The molecule has 0 aromatic heterocycles. The summed E-state index contributed by atoms with van der Waals surface area (Å²) < 4.78 is 0. The van der Waals surface area contributed by atoms with Crippen LogP contribution in [-0.2, 0) is 0 Å². The molecule has 1 unspecified atom stereocenters. The van der Waals surface area contributed by atoms with Crippen LogP contribution >= 0.6 is 0 Å². The molecule has 0 heterocycles. The molecule has 0 saturated carbocycles. The molecule has 1 N–H and O–H groups in total. The van der Waals surface area contributed by atoms with Crippen molar-refractivity contribution in [2.75, 3.05) is 13.6 Å². The second-order valence-electron chi connectivity index (χ2n) is 4.40. The Bertz CT molecular complexity index is 430. The van der Waals surface area contributed by atoms with E-state index in [1.54, 1.807) is 6.08 Å². The van der Waals surface area contributed by atoms with E-state index in [1.165, 1.54) is 5.57 Å². The molecular formula is C16H22N2. The lowest BCUT2D eigenvalue weighted by Crippen LogP contribution is -2.21. The quantitative estimate of drug-likeness (QED) is 0.341. The summed E-state index contributed by atoms with van der Waals surface area (Å²) in [5, 5.41) is 3.20. The molecular weight excluding hydrogens is 220 g/mol. The first kappa shape index (κ1) is 14.5. The summed E-state index contributed by atoms with van der Waals surface area (Å²) in [7, 11) is 1.96. The maximum absolute atomic E-state index is 4.46. The van der Waals surface area contributed by atoms with E-state index in [-0.39, 0.29) is 5.92 Å². The Morgan fingerprint density at radius 3 is 3.11 bits per heavy atom. The molecule has 2 nitrogen and oxygen atoms in total. The summed E-state index contributed by atoms with van der Waals surface area (Å²) in [4.78, 5) is 4.46. The van der Waals surface area contributed by atoms with Gasteiger partial charge in [-0.25, -0.2) is 0 Å². The highest BCUT2D eigenvalue weighted by atomic mass is 14.8. The van der Waals surface area contributed by atoms with Crippen molar-refractivity contribution in [2.45, 2.75) is 26.2 Å². The van der Waals surface area contributed by atoms with Gasteiger partial charge in [0.05, 0.1) is 11.6 Å². The molecule has 0 aliphatic heterocycles. The highest BCUT2D eigenvalue weighted by Crippen LogP contribution is 2.17. The molecule has 1 aliphatic carbocycles. The van der Waals surface area contributed by atoms with E-state index in [0.717, 1.165) is 31.5 Å². The molecule has 2 heteroatoms. The zero-order valence-electron chi connectivity index (χ0n) is 11.4. The van der Waals surface area contributed by atoms with Crippen LogP contribution in [0.5, 0.6) is 0 Å². The molecule has 0 bridgehead atoms.